The standard InChI is InChI=1S/C22H25N3O4/c1-3-18-6-4-5-13-25(18)21(27)16-11-12-23-19(14-16)20(26)24-17-9-7-15(8-10-17)22(28)29-2/h7-12,14,18H,3-6,13H2,1-2H3,(H,24,26). The van der Waals surface area contributed by atoms with Crippen molar-refractivity contribution in [2.75, 3.05) is 19.0 Å². The Morgan fingerprint density at radius 1 is 1.14 bits per heavy atom. The van der Waals surface area contributed by atoms with Gasteiger partial charge in [-0.2, -0.15) is 0 Å². The van der Waals surface area contributed by atoms with E-state index in [-0.39, 0.29) is 17.6 Å². The molecule has 1 aliphatic heterocycles. The second kappa shape index (κ2) is 9.32. The molecule has 7 heteroatoms. The van der Waals surface area contributed by atoms with Gasteiger partial charge < -0.3 is 15.0 Å². The maximum absolute atomic E-state index is 13.0. The lowest BCUT2D eigenvalue weighted by Gasteiger charge is -2.35. The summed E-state index contributed by atoms with van der Waals surface area (Å²) in [5, 5.41) is 2.73. The number of hydrogen-bond donors (Lipinski definition) is 1. The van der Waals surface area contributed by atoms with Gasteiger partial charge in [0.05, 0.1) is 12.7 Å². The molecule has 0 aliphatic carbocycles. The summed E-state index contributed by atoms with van der Waals surface area (Å²) in [7, 11) is 1.31. The number of anilines is 1. The molecular formula is C22H25N3O4. The monoisotopic (exact) mass is 395 g/mol. The molecule has 1 saturated heterocycles. The van der Waals surface area contributed by atoms with Crippen LogP contribution in [0.5, 0.6) is 0 Å². The Morgan fingerprint density at radius 2 is 1.90 bits per heavy atom. The predicted molar refractivity (Wildman–Crippen MR) is 109 cm³/mol. The molecule has 1 fully saturated rings. The van der Waals surface area contributed by atoms with Crippen molar-refractivity contribution in [3.63, 3.8) is 0 Å². The number of rotatable bonds is 5. The van der Waals surface area contributed by atoms with Crippen LogP contribution in [0.3, 0.4) is 0 Å². The molecule has 1 aromatic heterocycles. The molecule has 1 N–H and O–H groups in total. The highest BCUT2D eigenvalue weighted by molar-refractivity contribution is 6.05. The fourth-order valence-electron chi connectivity index (χ4n) is 3.55. The van der Waals surface area contributed by atoms with E-state index in [1.54, 1.807) is 30.3 Å². The Balaban J connectivity index is 1.72. The number of ether oxygens (including phenoxy) is 1. The molecule has 29 heavy (non-hydrogen) atoms. The third-order valence-corrected chi connectivity index (χ3v) is 5.16. The van der Waals surface area contributed by atoms with Crippen LogP contribution < -0.4 is 5.32 Å². The number of esters is 1. The largest absolute Gasteiger partial charge is 0.465 e. The van der Waals surface area contributed by atoms with Crippen molar-refractivity contribution < 1.29 is 19.1 Å². The summed E-state index contributed by atoms with van der Waals surface area (Å²) in [5.74, 6) is -0.926. The SMILES string of the molecule is CCC1CCCCN1C(=O)c1ccnc(C(=O)Nc2ccc(C(=O)OC)cc2)c1. The summed E-state index contributed by atoms with van der Waals surface area (Å²) >= 11 is 0. The lowest BCUT2D eigenvalue weighted by molar-refractivity contribution is 0.0595. The topological polar surface area (TPSA) is 88.6 Å². The van der Waals surface area contributed by atoms with Gasteiger partial charge in [0.15, 0.2) is 0 Å². The molecule has 2 amide bonds. The van der Waals surface area contributed by atoms with Crippen molar-refractivity contribution in [1.29, 1.82) is 0 Å². The van der Waals surface area contributed by atoms with Gasteiger partial charge in [0.25, 0.3) is 11.8 Å². The van der Waals surface area contributed by atoms with Crippen molar-refractivity contribution in [3.8, 4) is 0 Å². The summed E-state index contributed by atoms with van der Waals surface area (Å²) in [6.45, 7) is 2.83. The van der Waals surface area contributed by atoms with Crippen LogP contribution in [0.1, 0.15) is 63.8 Å². The number of methoxy groups -OCH3 is 1. The zero-order valence-corrected chi connectivity index (χ0v) is 16.7. The zero-order chi connectivity index (χ0) is 20.8. The number of benzene rings is 1. The van der Waals surface area contributed by atoms with Crippen LogP contribution in [-0.4, -0.2) is 47.4 Å². The van der Waals surface area contributed by atoms with Crippen molar-refractivity contribution in [3.05, 3.63) is 59.4 Å². The Bertz CT molecular complexity index is 895. The Labute approximate surface area is 170 Å². The number of pyridine rings is 1. The average Bonchev–Trinajstić information content (AvgIpc) is 2.78. The minimum absolute atomic E-state index is 0.0598. The van der Waals surface area contributed by atoms with Crippen molar-refractivity contribution in [2.45, 2.75) is 38.6 Å². The smallest absolute Gasteiger partial charge is 0.337 e. The summed E-state index contributed by atoms with van der Waals surface area (Å²) in [6.07, 6.45) is 5.56. The summed E-state index contributed by atoms with van der Waals surface area (Å²) in [4.78, 5) is 43.0. The number of piperidine rings is 1. The van der Waals surface area contributed by atoms with Gasteiger partial charge in [0, 0.05) is 30.0 Å². The van der Waals surface area contributed by atoms with E-state index in [2.05, 4.69) is 22.0 Å². The van der Waals surface area contributed by atoms with E-state index in [1.165, 1.54) is 19.4 Å². The normalized spacial score (nSPS) is 16.2. The number of carbonyl (C=O) groups is 3. The highest BCUT2D eigenvalue weighted by Crippen LogP contribution is 2.22. The van der Waals surface area contributed by atoms with E-state index in [9.17, 15) is 14.4 Å². The van der Waals surface area contributed by atoms with Gasteiger partial charge in [-0.25, -0.2) is 4.79 Å². The van der Waals surface area contributed by atoms with Gasteiger partial charge in [-0.1, -0.05) is 6.92 Å². The van der Waals surface area contributed by atoms with Crippen molar-refractivity contribution in [2.24, 2.45) is 0 Å². The van der Waals surface area contributed by atoms with Crippen molar-refractivity contribution >= 4 is 23.5 Å². The number of amides is 2. The first-order valence-electron chi connectivity index (χ1n) is 9.80. The molecule has 2 aromatic rings. The van der Waals surface area contributed by atoms with Gasteiger partial charge in [-0.05, 0) is 62.1 Å². The van der Waals surface area contributed by atoms with E-state index < -0.39 is 11.9 Å². The molecule has 1 aliphatic rings. The number of hydrogen-bond acceptors (Lipinski definition) is 5. The number of aromatic nitrogens is 1. The Hall–Kier alpha value is -3.22. The molecule has 3 rings (SSSR count). The van der Waals surface area contributed by atoms with Gasteiger partial charge in [-0.3, -0.25) is 14.6 Å². The lowest BCUT2D eigenvalue weighted by Crippen LogP contribution is -2.43. The van der Waals surface area contributed by atoms with Crippen LogP contribution in [0.25, 0.3) is 0 Å². The van der Waals surface area contributed by atoms with E-state index in [4.69, 9.17) is 0 Å². The van der Waals surface area contributed by atoms with E-state index >= 15 is 0 Å². The van der Waals surface area contributed by atoms with Gasteiger partial charge in [-0.15, -0.1) is 0 Å². The van der Waals surface area contributed by atoms with Gasteiger partial charge >= 0.3 is 5.97 Å². The molecule has 0 saturated carbocycles. The van der Waals surface area contributed by atoms with Crippen LogP contribution in [0.15, 0.2) is 42.6 Å². The fourth-order valence-corrected chi connectivity index (χ4v) is 3.55. The first-order chi connectivity index (χ1) is 14.0. The van der Waals surface area contributed by atoms with E-state index in [0.29, 0.717) is 16.8 Å². The van der Waals surface area contributed by atoms with Gasteiger partial charge in [0.2, 0.25) is 0 Å². The highest BCUT2D eigenvalue weighted by atomic mass is 16.5. The van der Waals surface area contributed by atoms with E-state index in [0.717, 1.165) is 32.2 Å². The molecule has 2 heterocycles. The van der Waals surface area contributed by atoms with Crippen molar-refractivity contribution in [1.82, 2.24) is 9.88 Å². The molecule has 1 atom stereocenters. The average molecular weight is 395 g/mol. The fraction of sp³-hybridized carbons (Fsp3) is 0.364. The number of nitrogens with zero attached hydrogens (tertiary/aromatic N) is 2. The minimum atomic E-state index is -0.446. The molecule has 7 nitrogen and oxygen atoms in total. The summed E-state index contributed by atoms with van der Waals surface area (Å²) < 4.78 is 4.66. The first kappa shape index (κ1) is 20.5. The second-order valence-corrected chi connectivity index (χ2v) is 7.01. The summed E-state index contributed by atoms with van der Waals surface area (Å²) in [6, 6.07) is 9.77. The third-order valence-electron chi connectivity index (χ3n) is 5.16. The molecule has 0 bridgehead atoms. The maximum atomic E-state index is 13.0. The van der Waals surface area contributed by atoms with Crippen LogP contribution in [0.4, 0.5) is 5.69 Å². The molecular weight excluding hydrogens is 370 g/mol. The molecule has 1 unspecified atom stereocenters. The van der Waals surface area contributed by atoms with Gasteiger partial charge in [0.1, 0.15) is 5.69 Å². The molecule has 0 spiro atoms. The highest BCUT2D eigenvalue weighted by Gasteiger charge is 2.26. The van der Waals surface area contributed by atoms with E-state index in [1.807, 2.05) is 4.90 Å². The first-order valence-corrected chi connectivity index (χ1v) is 9.80. The lowest BCUT2D eigenvalue weighted by atomic mass is 9.99. The summed E-state index contributed by atoms with van der Waals surface area (Å²) in [5.41, 5.74) is 1.54. The van der Waals surface area contributed by atoms with Crippen LogP contribution in [0.2, 0.25) is 0 Å². The molecule has 0 radical (unpaired) electrons. The quantitative estimate of drug-likeness (QED) is 0.783. The zero-order valence-electron chi connectivity index (χ0n) is 16.7. The van der Waals surface area contributed by atoms with Crippen LogP contribution in [0, 0.1) is 0 Å². The number of carbonyl (C=O) groups excluding carboxylic acids is 3. The Morgan fingerprint density at radius 3 is 2.59 bits per heavy atom. The third kappa shape index (κ3) is 4.80. The molecule has 152 valence electrons. The molecule has 1 aromatic carbocycles. The van der Waals surface area contributed by atoms with Crippen LogP contribution in [-0.2, 0) is 4.74 Å². The predicted octanol–water partition coefficient (Wildman–Crippen LogP) is 3.53. The minimum Gasteiger partial charge on any atom is -0.465 e. The Kier molecular flexibility index (Phi) is 6.59. The number of likely N-dealkylation sites (tertiary alicyclic amines) is 1. The second-order valence-electron chi connectivity index (χ2n) is 7.01. The number of nitrogens with one attached hydrogen (secondary N) is 1. The van der Waals surface area contributed by atoms with Crippen LogP contribution >= 0.6 is 0 Å². The maximum Gasteiger partial charge on any atom is 0.337 e.